The highest BCUT2D eigenvalue weighted by molar-refractivity contribution is 6.30. The predicted molar refractivity (Wildman–Crippen MR) is 67.6 cm³/mol. The Hall–Kier alpha value is -1.73. The maximum absolute atomic E-state index is 6.00. The Labute approximate surface area is 98.7 Å². The van der Waals surface area contributed by atoms with Crippen molar-refractivity contribution in [1.82, 2.24) is 4.98 Å². The Balaban J connectivity index is 2.26. The highest BCUT2D eigenvalue weighted by atomic mass is 35.5. The van der Waals surface area contributed by atoms with E-state index >= 15 is 0 Å². The molecule has 2 aromatic carbocycles. The van der Waals surface area contributed by atoms with Gasteiger partial charge in [0.05, 0.1) is 0 Å². The van der Waals surface area contributed by atoms with Gasteiger partial charge in [0.25, 0.3) is 0 Å². The summed E-state index contributed by atoms with van der Waals surface area (Å²) in [6, 6.07) is 16.9. The van der Waals surface area contributed by atoms with E-state index in [9.17, 15) is 0 Å². The highest BCUT2D eigenvalue weighted by Gasteiger charge is 2.05. The largest absolute Gasteiger partial charge is 0.361 e. The number of halogens is 1. The van der Waals surface area contributed by atoms with E-state index in [1.165, 1.54) is 10.9 Å². The molecule has 1 aromatic heterocycles. The summed E-state index contributed by atoms with van der Waals surface area (Å²) in [5.41, 5.74) is 3.40. The zero-order valence-corrected chi connectivity index (χ0v) is 9.25. The molecule has 1 heterocycles. The van der Waals surface area contributed by atoms with Gasteiger partial charge in [-0.25, -0.2) is 0 Å². The number of nitrogens with one attached hydrogen (secondary N) is 1. The Bertz CT molecular complexity index is 640. The van der Waals surface area contributed by atoms with Gasteiger partial charge in [-0.2, -0.15) is 0 Å². The van der Waals surface area contributed by atoms with Gasteiger partial charge in [0.1, 0.15) is 0 Å². The van der Waals surface area contributed by atoms with Crippen molar-refractivity contribution in [3.8, 4) is 11.1 Å². The second kappa shape index (κ2) is 3.69. The molecule has 0 aliphatic rings. The molecule has 0 saturated carbocycles. The summed E-state index contributed by atoms with van der Waals surface area (Å²) >= 11 is 6.00. The van der Waals surface area contributed by atoms with E-state index in [1.54, 1.807) is 0 Å². The summed E-state index contributed by atoms with van der Waals surface area (Å²) in [6.45, 7) is 0. The van der Waals surface area contributed by atoms with Crippen LogP contribution in [0.15, 0.2) is 48.7 Å². The Morgan fingerprint density at radius 3 is 3.00 bits per heavy atom. The normalized spacial score (nSPS) is 10.8. The lowest BCUT2D eigenvalue weighted by Crippen LogP contribution is -1.74. The Morgan fingerprint density at radius 1 is 1.19 bits per heavy atom. The molecule has 0 spiro atoms. The van der Waals surface area contributed by atoms with Crippen LogP contribution in [0.3, 0.4) is 0 Å². The molecular formula is C14H9ClN. The number of fused-ring (bicyclic) bond motifs is 1. The van der Waals surface area contributed by atoms with E-state index in [-0.39, 0.29) is 0 Å². The SMILES string of the molecule is Clc1cccc(-c2c[nH]c3c[c]ccc23)c1. The quantitative estimate of drug-likeness (QED) is 0.637. The molecule has 3 aromatic rings. The summed E-state index contributed by atoms with van der Waals surface area (Å²) in [6.07, 6.45) is 2.00. The van der Waals surface area contributed by atoms with Crippen LogP contribution in [-0.4, -0.2) is 4.98 Å². The van der Waals surface area contributed by atoms with Crippen molar-refractivity contribution in [2.75, 3.05) is 0 Å². The molecule has 1 nitrogen and oxygen atoms in total. The van der Waals surface area contributed by atoms with Gasteiger partial charge in [0.15, 0.2) is 0 Å². The van der Waals surface area contributed by atoms with E-state index in [1.807, 2.05) is 36.5 Å². The third kappa shape index (κ3) is 1.50. The van der Waals surface area contributed by atoms with E-state index in [0.29, 0.717) is 0 Å². The maximum Gasteiger partial charge on any atom is 0.0466 e. The maximum atomic E-state index is 6.00. The van der Waals surface area contributed by atoms with Crippen molar-refractivity contribution in [2.24, 2.45) is 0 Å². The van der Waals surface area contributed by atoms with Crippen molar-refractivity contribution in [2.45, 2.75) is 0 Å². The zero-order valence-electron chi connectivity index (χ0n) is 8.50. The molecule has 1 radical (unpaired) electrons. The van der Waals surface area contributed by atoms with Crippen molar-refractivity contribution < 1.29 is 0 Å². The van der Waals surface area contributed by atoms with E-state index in [2.05, 4.69) is 23.2 Å². The second-order valence-corrected chi connectivity index (χ2v) is 4.12. The smallest absolute Gasteiger partial charge is 0.0466 e. The van der Waals surface area contributed by atoms with Crippen LogP contribution < -0.4 is 0 Å². The molecule has 0 atom stereocenters. The summed E-state index contributed by atoms with van der Waals surface area (Å²) in [5, 5.41) is 1.95. The molecule has 1 N–H and O–H groups in total. The van der Waals surface area contributed by atoms with Crippen molar-refractivity contribution >= 4 is 22.5 Å². The van der Waals surface area contributed by atoms with Crippen LogP contribution >= 0.6 is 11.6 Å². The Morgan fingerprint density at radius 2 is 2.12 bits per heavy atom. The number of benzene rings is 2. The lowest BCUT2D eigenvalue weighted by atomic mass is 10.1. The summed E-state index contributed by atoms with van der Waals surface area (Å²) in [5.74, 6) is 0. The van der Waals surface area contributed by atoms with Crippen LogP contribution in [0.4, 0.5) is 0 Å². The molecule has 0 unspecified atom stereocenters. The average Bonchev–Trinajstić information content (AvgIpc) is 2.72. The number of H-pyrrole nitrogens is 1. The molecular weight excluding hydrogens is 218 g/mol. The first-order valence-corrected chi connectivity index (χ1v) is 5.45. The van der Waals surface area contributed by atoms with Gasteiger partial charge >= 0.3 is 0 Å². The van der Waals surface area contributed by atoms with Gasteiger partial charge in [0.2, 0.25) is 0 Å². The topological polar surface area (TPSA) is 15.8 Å². The van der Waals surface area contributed by atoms with Crippen molar-refractivity contribution in [3.63, 3.8) is 0 Å². The highest BCUT2D eigenvalue weighted by Crippen LogP contribution is 2.29. The summed E-state index contributed by atoms with van der Waals surface area (Å²) in [4.78, 5) is 3.23. The first kappa shape index (κ1) is 9.49. The number of aromatic nitrogens is 1. The fourth-order valence-electron chi connectivity index (χ4n) is 1.91. The molecule has 0 saturated heterocycles. The molecule has 77 valence electrons. The number of aromatic amines is 1. The monoisotopic (exact) mass is 226 g/mol. The lowest BCUT2D eigenvalue weighted by molar-refractivity contribution is 1.47. The molecule has 0 bridgehead atoms. The van der Waals surface area contributed by atoms with Crippen LogP contribution in [0.5, 0.6) is 0 Å². The molecule has 0 aliphatic carbocycles. The van der Waals surface area contributed by atoms with Crippen LogP contribution in [0.2, 0.25) is 5.02 Å². The minimum atomic E-state index is 0.759. The van der Waals surface area contributed by atoms with Gasteiger partial charge in [-0.05, 0) is 29.8 Å². The number of rotatable bonds is 1. The third-order valence-electron chi connectivity index (χ3n) is 2.66. The van der Waals surface area contributed by atoms with Gasteiger partial charge in [0, 0.05) is 27.7 Å². The standard InChI is InChI=1S/C14H9ClN/c15-11-5-3-4-10(8-11)13-9-16-14-7-2-1-6-12(13)14/h1,3-9,16H. The van der Waals surface area contributed by atoms with Crippen LogP contribution in [0, 0.1) is 6.07 Å². The fourth-order valence-corrected chi connectivity index (χ4v) is 2.10. The summed E-state index contributed by atoms with van der Waals surface area (Å²) in [7, 11) is 0. The minimum Gasteiger partial charge on any atom is -0.361 e. The van der Waals surface area contributed by atoms with E-state index in [0.717, 1.165) is 16.1 Å². The summed E-state index contributed by atoms with van der Waals surface area (Å²) < 4.78 is 0. The van der Waals surface area contributed by atoms with E-state index < -0.39 is 0 Å². The van der Waals surface area contributed by atoms with Crippen LogP contribution in [0.1, 0.15) is 0 Å². The lowest BCUT2D eigenvalue weighted by Gasteiger charge is -1.99. The van der Waals surface area contributed by atoms with Gasteiger partial charge in [-0.15, -0.1) is 0 Å². The fraction of sp³-hybridized carbons (Fsp3) is 0. The molecule has 16 heavy (non-hydrogen) atoms. The minimum absolute atomic E-state index is 0.759. The molecule has 3 rings (SSSR count). The van der Waals surface area contributed by atoms with Crippen molar-refractivity contribution in [1.29, 1.82) is 0 Å². The van der Waals surface area contributed by atoms with Crippen LogP contribution in [-0.2, 0) is 0 Å². The Kier molecular flexibility index (Phi) is 2.19. The van der Waals surface area contributed by atoms with E-state index in [4.69, 9.17) is 11.6 Å². The third-order valence-corrected chi connectivity index (χ3v) is 2.90. The van der Waals surface area contributed by atoms with Crippen LogP contribution in [0.25, 0.3) is 22.0 Å². The number of hydrogen-bond acceptors (Lipinski definition) is 0. The average molecular weight is 227 g/mol. The molecule has 0 fully saturated rings. The molecule has 0 amide bonds. The van der Waals surface area contributed by atoms with Gasteiger partial charge in [-0.1, -0.05) is 35.9 Å². The van der Waals surface area contributed by atoms with Gasteiger partial charge < -0.3 is 4.98 Å². The number of hydrogen-bond donors (Lipinski definition) is 1. The van der Waals surface area contributed by atoms with Crippen molar-refractivity contribution in [3.05, 3.63) is 59.8 Å². The predicted octanol–water partition coefficient (Wildman–Crippen LogP) is 4.29. The molecule has 2 heteroatoms. The first-order valence-electron chi connectivity index (χ1n) is 5.08. The zero-order chi connectivity index (χ0) is 11.0. The van der Waals surface area contributed by atoms with Gasteiger partial charge in [-0.3, -0.25) is 0 Å². The first-order chi connectivity index (χ1) is 7.84. The molecule has 0 aliphatic heterocycles. The second-order valence-electron chi connectivity index (χ2n) is 3.68.